The maximum atomic E-state index is 12.9. The Kier molecular flexibility index (Phi) is 7.21. The summed E-state index contributed by atoms with van der Waals surface area (Å²) in [5.41, 5.74) is -0.863. The van der Waals surface area contributed by atoms with Crippen molar-refractivity contribution in [1.29, 1.82) is 0 Å². The van der Waals surface area contributed by atoms with Gasteiger partial charge in [-0.2, -0.15) is 0 Å². The fourth-order valence-corrected chi connectivity index (χ4v) is 3.87. The van der Waals surface area contributed by atoms with Crippen LogP contribution in [0, 0.1) is 15.5 Å². The highest BCUT2D eigenvalue weighted by molar-refractivity contribution is 5.79. The highest BCUT2D eigenvalue weighted by Crippen LogP contribution is 2.45. The van der Waals surface area contributed by atoms with Gasteiger partial charge in [0, 0.05) is 18.0 Å². The number of nitro groups is 1. The third kappa shape index (κ3) is 5.92. The molecule has 0 saturated carbocycles. The van der Waals surface area contributed by atoms with Crippen LogP contribution in [0.1, 0.15) is 52.0 Å². The minimum atomic E-state index is -0.935. The number of nitrogens with zero attached hydrogens (tertiary/aromatic N) is 2. The highest BCUT2D eigenvalue weighted by Gasteiger charge is 2.51. The van der Waals surface area contributed by atoms with E-state index in [1.807, 2.05) is 6.07 Å². The van der Waals surface area contributed by atoms with Crippen molar-refractivity contribution in [3.8, 4) is 0 Å². The van der Waals surface area contributed by atoms with Gasteiger partial charge in [0.1, 0.15) is 5.60 Å². The van der Waals surface area contributed by atoms with Crippen LogP contribution < -0.4 is 0 Å². The van der Waals surface area contributed by atoms with E-state index in [4.69, 9.17) is 9.47 Å². The fraction of sp³-hybridized carbons (Fsp3) is 0.619. The number of ether oxygens (including phenoxy) is 2. The highest BCUT2D eigenvalue weighted by atomic mass is 16.6. The maximum Gasteiger partial charge on any atom is 0.410 e. The Morgan fingerprint density at radius 2 is 1.79 bits per heavy atom. The van der Waals surface area contributed by atoms with Crippen LogP contribution in [0.5, 0.6) is 0 Å². The van der Waals surface area contributed by atoms with Crippen molar-refractivity contribution in [3.63, 3.8) is 0 Å². The summed E-state index contributed by atoms with van der Waals surface area (Å²) in [4.78, 5) is 38.0. The summed E-state index contributed by atoms with van der Waals surface area (Å²) in [5, 5.41) is 11.5. The van der Waals surface area contributed by atoms with Crippen LogP contribution in [0.4, 0.5) is 4.79 Å². The first-order valence-electron chi connectivity index (χ1n) is 9.89. The first kappa shape index (κ1) is 22.6. The molecular weight excluding hydrogens is 376 g/mol. The van der Waals surface area contributed by atoms with Gasteiger partial charge in [0.15, 0.2) is 0 Å². The molecule has 1 atom stereocenters. The van der Waals surface area contributed by atoms with Gasteiger partial charge in [0.25, 0.3) is 0 Å². The molecule has 0 radical (unpaired) electrons. The molecule has 1 aromatic carbocycles. The smallest absolute Gasteiger partial charge is 0.410 e. The van der Waals surface area contributed by atoms with Crippen LogP contribution in [0.15, 0.2) is 30.3 Å². The van der Waals surface area contributed by atoms with E-state index < -0.39 is 29.0 Å². The van der Waals surface area contributed by atoms with Gasteiger partial charge in [-0.25, -0.2) is 4.79 Å². The molecule has 0 N–H and O–H groups in total. The van der Waals surface area contributed by atoms with E-state index in [2.05, 4.69) is 0 Å². The topological polar surface area (TPSA) is 99.0 Å². The van der Waals surface area contributed by atoms with Gasteiger partial charge < -0.3 is 14.4 Å². The third-order valence-corrected chi connectivity index (χ3v) is 5.12. The number of benzene rings is 1. The second-order valence-corrected chi connectivity index (χ2v) is 8.42. The zero-order chi connectivity index (χ0) is 21.7. The van der Waals surface area contributed by atoms with Gasteiger partial charge in [-0.05, 0) is 46.1 Å². The van der Waals surface area contributed by atoms with E-state index >= 15 is 0 Å². The molecule has 0 aromatic heterocycles. The quantitative estimate of drug-likeness (QED) is 0.406. The zero-order valence-corrected chi connectivity index (χ0v) is 17.6. The Morgan fingerprint density at radius 1 is 1.21 bits per heavy atom. The van der Waals surface area contributed by atoms with Crippen molar-refractivity contribution < 1.29 is 24.0 Å². The number of amides is 1. The van der Waals surface area contributed by atoms with Gasteiger partial charge in [0.05, 0.1) is 17.9 Å². The van der Waals surface area contributed by atoms with Crippen molar-refractivity contribution in [2.75, 3.05) is 26.2 Å². The second-order valence-electron chi connectivity index (χ2n) is 8.42. The predicted molar refractivity (Wildman–Crippen MR) is 107 cm³/mol. The number of hydrogen-bond acceptors (Lipinski definition) is 6. The molecule has 1 aliphatic heterocycles. The molecular formula is C21H30N2O6. The number of carbonyl (C=O) groups is 2. The first-order valence-corrected chi connectivity index (χ1v) is 9.89. The van der Waals surface area contributed by atoms with Crippen LogP contribution in [0.3, 0.4) is 0 Å². The Hall–Kier alpha value is -2.64. The fourth-order valence-electron chi connectivity index (χ4n) is 3.87. The van der Waals surface area contributed by atoms with Crippen LogP contribution >= 0.6 is 0 Å². The van der Waals surface area contributed by atoms with Gasteiger partial charge in [-0.3, -0.25) is 14.9 Å². The third-order valence-electron chi connectivity index (χ3n) is 5.12. The van der Waals surface area contributed by atoms with Crippen LogP contribution in [0.25, 0.3) is 0 Å². The van der Waals surface area contributed by atoms with E-state index in [0.29, 0.717) is 18.4 Å². The van der Waals surface area contributed by atoms with E-state index in [9.17, 15) is 19.7 Å². The van der Waals surface area contributed by atoms with Crippen molar-refractivity contribution >= 4 is 12.1 Å². The number of likely N-dealkylation sites (tertiary alicyclic amines) is 1. The SMILES string of the molecule is CCOC(=O)[C@H](c1ccccc1)C1(C[N+](=O)[O-])CCN(C(=O)OC(C)(C)C)CC1. The van der Waals surface area contributed by atoms with E-state index in [1.54, 1.807) is 56.9 Å². The van der Waals surface area contributed by atoms with Crippen molar-refractivity contribution in [2.45, 2.75) is 52.1 Å². The summed E-state index contributed by atoms with van der Waals surface area (Å²) >= 11 is 0. The van der Waals surface area contributed by atoms with Crippen LogP contribution in [-0.2, 0) is 14.3 Å². The molecule has 160 valence electrons. The normalized spacial score (nSPS) is 17.3. The lowest BCUT2D eigenvalue weighted by atomic mass is 9.66. The molecule has 8 nitrogen and oxygen atoms in total. The Morgan fingerprint density at radius 3 is 2.28 bits per heavy atom. The zero-order valence-electron chi connectivity index (χ0n) is 17.6. The number of rotatable bonds is 6. The summed E-state index contributed by atoms with van der Waals surface area (Å²) in [6.07, 6.45) is 0.177. The summed E-state index contributed by atoms with van der Waals surface area (Å²) < 4.78 is 10.7. The molecule has 0 unspecified atom stereocenters. The minimum absolute atomic E-state index is 0.195. The molecule has 1 fully saturated rings. The molecule has 1 aliphatic rings. The maximum absolute atomic E-state index is 12.9. The summed E-state index contributed by atoms with van der Waals surface area (Å²) in [6.45, 7) is 7.48. The Bertz CT molecular complexity index is 720. The number of hydrogen-bond donors (Lipinski definition) is 0. The molecule has 0 aliphatic carbocycles. The van der Waals surface area contributed by atoms with Gasteiger partial charge in [-0.15, -0.1) is 0 Å². The lowest BCUT2D eigenvalue weighted by Crippen LogP contribution is -2.51. The largest absolute Gasteiger partial charge is 0.466 e. The molecule has 1 amide bonds. The average Bonchev–Trinajstić information content (AvgIpc) is 2.61. The molecule has 1 saturated heterocycles. The lowest BCUT2D eigenvalue weighted by Gasteiger charge is -2.43. The molecule has 0 spiro atoms. The summed E-state index contributed by atoms with van der Waals surface area (Å²) in [5.74, 6) is -1.24. The first-order chi connectivity index (χ1) is 13.6. The Labute approximate surface area is 171 Å². The lowest BCUT2D eigenvalue weighted by molar-refractivity contribution is -0.499. The monoisotopic (exact) mass is 406 g/mol. The van der Waals surface area contributed by atoms with Crippen molar-refractivity contribution in [3.05, 3.63) is 46.0 Å². The molecule has 1 aromatic rings. The number of piperidine rings is 1. The summed E-state index contributed by atoms with van der Waals surface area (Å²) in [6, 6.07) is 9.03. The molecule has 2 rings (SSSR count). The second kappa shape index (κ2) is 9.24. The number of carbonyl (C=O) groups excluding carboxylic acids is 2. The Balaban J connectivity index is 2.32. The van der Waals surface area contributed by atoms with Gasteiger partial charge in [0.2, 0.25) is 6.54 Å². The van der Waals surface area contributed by atoms with E-state index in [0.717, 1.165) is 0 Å². The number of esters is 1. The van der Waals surface area contributed by atoms with E-state index in [-0.39, 0.29) is 31.2 Å². The standard InChI is InChI=1S/C21H30N2O6/c1-5-28-18(24)17(16-9-7-6-8-10-16)21(15-23(26)27)11-13-22(14-12-21)19(25)29-20(2,3)4/h6-10,17H,5,11-15H2,1-4H3/t17-/m0/s1. The average molecular weight is 406 g/mol. The molecule has 29 heavy (non-hydrogen) atoms. The molecule has 1 heterocycles. The molecule has 0 bridgehead atoms. The van der Waals surface area contributed by atoms with Gasteiger partial charge >= 0.3 is 12.1 Å². The van der Waals surface area contributed by atoms with Crippen LogP contribution in [0.2, 0.25) is 0 Å². The summed E-state index contributed by atoms with van der Waals surface area (Å²) in [7, 11) is 0. The van der Waals surface area contributed by atoms with Crippen LogP contribution in [-0.4, -0.2) is 53.7 Å². The van der Waals surface area contributed by atoms with Gasteiger partial charge in [-0.1, -0.05) is 30.3 Å². The van der Waals surface area contributed by atoms with E-state index in [1.165, 1.54) is 0 Å². The predicted octanol–water partition coefficient (Wildman–Crippen LogP) is 3.63. The van der Waals surface area contributed by atoms with Crippen molar-refractivity contribution in [1.82, 2.24) is 4.90 Å². The van der Waals surface area contributed by atoms with Crippen molar-refractivity contribution in [2.24, 2.45) is 5.41 Å². The molecule has 8 heteroatoms. The minimum Gasteiger partial charge on any atom is -0.466 e.